The first-order valence-corrected chi connectivity index (χ1v) is 6.10. The Hall–Kier alpha value is -0.940. The van der Waals surface area contributed by atoms with Gasteiger partial charge in [0.05, 0.1) is 11.7 Å². The van der Waals surface area contributed by atoms with E-state index in [0.29, 0.717) is 17.4 Å². The van der Waals surface area contributed by atoms with Gasteiger partial charge in [0.25, 0.3) is 5.91 Å². The fourth-order valence-electron chi connectivity index (χ4n) is 1.38. The third-order valence-corrected chi connectivity index (χ3v) is 3.07. The minimum atomic E-state index is -0.548. The molecule has 0 fully saturated rings. The van der Waals surface area contributed by atoms with Crippen LogP contribution < -0.4 is 0 Å². The number of carbonyl (C=O) groups excluding carboxylic acids is 1. The van der Waals surface area contributed by atoms with E-state index in [1.165, 1.54) is 17.0 Å². The van der Waals surface area contributed by atoms with E-state index >= 15 is 0 Å². The lowest BCUT2D eigenvalue weighted by Gasteiger charge is -2.19. The van der Waals surface area contributed by atoms with Gasteiger partial charge in [-0.25, -0.2) is 4.39 Å². The molecule has 94 valence electrons. The Morgan fingerprint density at radius 3 is 2.76 bits per heavy atom. The van der Waals surface area contributed by atoms with E-state index in [-0.39, 0.29) is 5.56 Å². The number of amides is 1. The number of carbonyl (C=O) groups is 1. The van der Waals surface area contributed by atoms with Gasteiger partial charge in [-0.2, -0.15) is 0 Å². The van der Waals surface area contributed by atoms with Gasteiger partial charge in [-0.1, -0.05) is 6.07 Å². The van der Waals surface area contributed by atoms with Crippen LogP contribution in [0.4, 0.5) is 4.39 Å². The molecule has 1 aromatic carbocycles. The molecule has 0 aliphatic rings. The Morgan fingerprint density at radius 2 is 2.24 bits per heavy atom. The Kier molecular flexibility index (Phi) is 5.08. The summed E-state index contributed by atoms with van der Waals surface area (Å²) in [6.45, 7) is 2.04. The van der Waals surface area contributed by atoms with Crippen LogP contribution in [0.25, 0.3) is 0 Å². The first kappa shape index (κ1) is 14.1. The maximum atomic E-state index is 13.5. The molecule has 1 atom stereocenters. The molecule has 0 radical (unpaired) electrons. The number of aliphatic hydroxyl groups is 1. The minimum absolute atomic E-state index is 0.0283. The standard InChI is InChI=1S/C12H15BrFNO2/c1-8(16)6-7-15(2)12(17)11-9(13)4-3-5-10(11)14/h3-5,8,16H,6-7H2,1-2H3. The largest absolute Gasteiger partial charge is 0.393 e. The van der Waals surface area contributed by atoms with Crippen LogP contribution in [0.15, 0.2) is 22.7 Å². The molecule has 5 heteroatoms. The van der Waals surface area contributed by atoms with Crippen molar-refractivity contribution in [1.29, 1.82) is 0 Å². The summed E-state index contributed by atoms with van der Waals surface area (Å²) in [5.41, 5.74) is 0.0283. The highest BCUT2D eigenvalue weighted by molar-refractivity contribution is 9.10. The molecule has 0 saturated heterocycles. The predicted octanol–water partition coefficient (Wildman–Crippen LogP) is 2.43. The van der Waals surface area contributed by atoms with Gasteiger partial charge >= 0.3 is 0 Å². The molecule has 1 N–H and O–H groups in total. The van der Waals surface area contributed by atoms with Crippen molar-refractivity contribution < 1.29 is 14.3 Å². The van der Waals surface area contributed by atoms with Crippen molar-refractivity contribution in [3.63, 3.8) is 0 Å². The summed E-state index contributed by atoms with van der Waals surface area (Å²) in [5, 5.41) is 9.14. The van der Waals surface area contributed by atoms with Crippen molar-refractivity contribution in [1.82, 2.24) is 4.90 Å². The number of halogens is 2. The number of rotatable bonds is 4. The average Bonchev–Trinajstić information content (AvgIpc) is 2.25. The molecular weight excluding hydrogens is 289 g/mol. The molecule has 0 spiro atoms. The zero-order valence-electron chi connectivity index (χ0n) is 9.78. The van der Waals surface area contributed by atoms with E-state index in [1.54, 1.807) is 20.0 Å². The summed E-state index contributed by atoms with van der Waals surface area (Å²) in [6.07, 6.45) is -0.0109. The summed E-state index contributed by atoms with van der Waals surface area (Å²) in [6, 6.07) is 4.41. The Bertz CT molecular complexity index is 389. The van der Waals surface area contributed by atoms with Crippen molar-refractivity contribution in [2.75, 3.05) is 13.6 Å². The first-order chi connectivity index (χ1) is 7.93. The lowest BCUT2D eigenvalue weighted by Crippen LogP contribution is -2.30. The quantitative estimate of drug-likeness (QED) is 0.928. The zero-order valence-corrected chi connectivity index (χ0v) is 11.4. The second kappa shape index (κ2) is 6.12. The van der Waals surface area contributed by atoms with Crippen LogP contribution in [0, 0.1) is 5.82 Å². The van der Waals surface area contributed by atoms with Gasteiger partial charge in [0.1, 0.15) is 5.82 Å². The molecule has 3 nitrogen and oxygen atoms in total. The van der Waals surface area contributed by atoms with Crippen LogP contribution in [-0.4, -0.2) is 35.6 Å². The fraction of sp³-hybridized carbons (Fsp3) is 0.417. The first-order valence-electron chi connectivity index (χ1n) is 5.31. The third kappa shape index (κ3) is 3.78. The normalized spacial score (nSPS) is 12.3. The smallest absolute Gasteiger partial charge is 0.257 e. The van der Waals surface area contributed by atoms with Crippen LogP contribution in [-0.2, 0) is 0 Å². The maximum absolute atomic E-state index is 13.5. The molecule has 1 rings (SSSR count). The summed E-state index contributed by atoms with van der Waals surface area (Å²) in [5.74, 6) is -0.941. The zero-order chi connectivity index (χ0) is 13.0. The van der Waals surface area contributed by atoms with Gasteiger partial charge in [0.15, 0.2) is 0 Å². The number of nitrogens with zero attached hydrogens (tertiary/aromatic N) is 1. The van der Waals surface area contributed by atoms with E-state index in [2.05, 4.69) is 15.9 Å². The summed E-state index contributed by atoms with van der Waals surface area (Å²) < 4.78 is 14.0. The molecule has 0 aromatic heterocycles. The molecule has 0 bridgehead atoms. The summed E-state index contributed by atoms with van der Waals surface area (Å²) in [4.78, 5) is 13.4. The minimum Gasteiger partial charge on any atom is -0.393 e. The van der Waals surface area contributed by atoms with E-state index in [1.807, 2.05) is 0 Å². The second-order valence-corrected chi connectivity index (χ2v) is 4.82. The van der Waals surface area contributed by atoms with Crippen molar-refractivity contribution in [2.24, 2.45) is 0 Å². The van der Waals surface area contributed by atoms with Crippen molar-refractivity contribution in [3.8, 4) is 0 Å². The summed E-state index contributed by atoms with van der Waals surface area (Å²) >= 11 is 3.16. The van der Waals surface area contributed by atoms with Crippen LogP contribution in [0.2, 0.25) is 0 Å². The molecule has 0 aliphatic carbocycles. The number of hydrogen-bond donors (Lipinski definition) is 1. The van der Waals surface area contributed by atoms with Gasteiger partial charge in [-0.05, 0) is 41.4 Å². The van der Waals surface area contributed by atoms with Crippen molar-refractivity contribution in [3.05, 3.63) is 34.1 Å². The molecule has 1 unspecified atom stereocenters. The highest BCUT2D eigenvalue weighted by atomic mass is 79.9. The van der Waals surface area contributed by atoms with Crippen LogP contribution >= 0.6 is 15.9 Å². The molecule has 0 saturated carbocycles. The lowest BCUT2D eigenvalue weighted by molar-refractivity contribution is 0.0763. The number of benzene rings is 1. The number of aliphatic hydroxyl groups excluding tert-OH is 1. The molecule has 0 heterocycles. The van der Waals surface area contributed by atoms with Crippen molar-refractivity contribution in [2.45, 2.75) is 19.4 Å². The molecule has 1 amide bonds. The Morgan fingerprint density at radius 1 is 1.59 bits per heavy atom. The van der Waals surface area contributed by atoms with E-state index in [9.17, 15) is 9.18 Å². The van der Waals surface area contributed by atoms with Gasteiger partial charge < -0.3 is 10.0 Å². The van der Waals surface area contributed by atoms with E-state index in [0.717, 1.165) is 0 Å². The van der Waals surface area contributed by atoms with Crippen LogP contribution in [0.1, 0.15) is 23.7 Å². The predicted molar refractivity (Wildman–Crippen MR) is 67.4 cm³/mol. The van der Waals surface area contributed by atoms with E-state index < -0.39 is 17.8 Å². The average molecular weight is 304 g/mol. The van der Waals surface area contributed by atoms with Crippen LogP contribution in [0.3, 0.4) is 0 Å². The van der Waals surface area contributed by atoms with Crippen molar-refractivity contribution >= 4 is 21.8 Å². The number of hydrogen-bond acceptors (Lipinski definition) is 2. The van der Waals surface area contributed by atoms with Gasteiger partial charge in [-0.3, -0.25) is 4.79 Å². The van der Waals surface area contributed by atoms with Gasteiger partial charge in [-0.15, -0.1) is 0 Å². The summed E-state index contributed by atoms with van der Waals surface area (Å²) in [7, 11) is 1.59. The highest BCUT2D eigenvalue weighted by Crippen LogP contribution is 2.21. The molecule has 1 aromatic rings. The third-order valence-electron chi connectivity index (χ3n) is 2.41. The van der Waals surface area contributed by atoms with Gasteiger partial charge in [0, 0.05) is 18.1 Å². The Labute approximate surface area is 108 Å². The topological polar surface area (TPSA) is 40.5 Å². The fourth-order valence-corrected chi connectivity index (χ4v) is 1.89. The van der Waals surface area contributed by atoms with Gasteiger partial charge in [0.2, 0.25) is 0 Å². The van der Waals surface area contributed by atoms with E-state index in [4.69, 9.17) is 5.11 Å². The monoisotopic (exact) mass is 303 g/mol. The Balaban J connectivity index is 2.82. The molecule has 17 heavy (non-hydrogen) atoms. The molecule has 0 aliphatic heterocycles. The SMILES string of the molecule is CC(O)CCN(C)C(=O)c1c(F)cccc1Br. The maximum Gasteiger partial charge on any atom is 0.257 e. The highest BCUT2D eigenvalue weighted by Gasteiger charge is 2.19. The van der Waals surface area contributed by atoms with Crippen LogP contribution in [0.5, 0.6) is 0 Å². The second-order valence-electron chi connectivity index (χ2n) is 3.96. The molecular formula is C12H15BrFNO2. The lowest BCUT2D eigenvalue weighted by atomic mass is 10.2.